The van der Waals surface area contributed by atoms with E-state index in [1.165, 1.54) is 0 Å². The van der Waals surface area contributed by atoms with E-state index in [0.717, 1.165) is 5.56 Å². The highest BCUT2D eigenvalue weighted by Gasteiger charge is 2.42. The summed E-state index contributed by atoms with van der Waals surface area (Å²) in [7, 11) is 0. The van der Waals surface area contributed by atoms with E-state index in [-0.39, 0.29) is 6.61 Å². The molecule has 1 heterocycles. The summed E-state index contributed by atoms with van der Waals surface area (Å²) in [5.41, 5.74) is -0.739. The minimum absolute atomic E-state index is 0.195. The second-order valence-corrected chi connectivity index (χ2v) is 3.32. The molecule has 0 amide bonds. The number of carbonyl (C=O) groups is 1. The second kappa shape index (κ2) is 3.08. The lowest BCUT2D eigenvalue weighted by atomic mass is 9.89. The van der Waals surface area contributed by atoms with Crippen LogP contribution in [0.4, 0.5) is 0 Å². The van der Waals surface area contributed by atoms with Gasteiger partial charge in [0.25, 0.3) is 0 Å². The van der Waals surface area contributed by atoms with Crippen LogP contribution in [0.2, 0.25) is 0 Å². The summed E-state index contributed by atoms with van der Waals surface area (Å²) in [5.74, 6) is -1.27. The highest BCUT2D eigenvalue weighted by molar-refractivity contribution is 5.80. The van der Waals surface area contributed by atoms with Gasteiger partial charge in [0.1, 0.15) is 0 Å². The largest absolute Gasteiger partial charge is 0.479 e. The fraction of sp³-hybridized carbons (Fsp3) is 0.300. The molecule has 1 aromatic rings. The normalized spacial score (nSPS) is 25.5. The number of carboxylic acids is 1. The Labute approximate surface area is 80.7 Å². The second-order valence-electron chi connectivity index (χ2n) is 3.32. The number of aliphatic carboxylic acids is 1. The zero-order valence-corrected chi connectivity index (χ0v) is 7.43. The van der Waals surface area contributed by atoms with E-state index in [0.29, 0.717) is 12.2 Å². The Balaban J connectivity index is 2.55. The van der Waals surface area contributed by atoms with Crippen molar-refractivity contribution in [2.75, 3.05) is 6.61 Å². The van der Waals surface area contributed by atoms with E-state index in [2.05, 4.69) is 0 Å². The van der Waals surface area contributed by atoms with Gasteiger partial charge in [0.2, 0.25) is 5.60 Å². The Kier molecular flexibility index (Phi) is 2.02. The summed E-state index contributed by atoms with van der Waals surface area (Å²) < 4.78 is 5.04. The topological polar surface area (TPSA) is 66.8 Å². The third-order valence-electron chi connectivity index (χ3n) is 2.39. The van der Waals surface area contributed by atoms with Crippen molar-refractivity contribution in [3.63, 3.8) is 0 Å². The molecule has 74 valence electrons. The molecule has 1 unspecified atom stereocenters. The van der Waals surface area contributed by atoms with Crippen LogP contribution in [-0.4, -0.2) is 22.8 Å². The highest BCUT2D eigenvalue weighted by Crippen LogP contribution is 2.30. The van der Waals surface area contributed by atoms with Crippen molar-refractivity contribution in [2.24, 2.45) is 0 Å². The summed E-state index contributed by atoms with van der Waals surface area (Å²) >= 11 is 0. The third-order valence-corrected chi connectivity index (χ3v) is 2.39. The number of rotatable bonds is 1. The van der Waals surface area contributed by atoms with Gasteiger partial charge in [-0.2, -0.15) is 0 Å². The van der Waals surface area contributed by atoms with Gasteiger partial charge in [0, 0.05) is 5.56 Å². The molecule has 0 radical (unpaired) electrons. The molecule has 14 heavy (non-hydrogen) atoms. The van der Waals surface area contributed by atoms with Crippen molar-refractivity contribution < 1.29 is 19.7 Å². The summed E-state index contributed by atoms with van der Waals surface area (Å²) in [4.78, 5) is 10.9. The standard InChI is InChI=1S/C10H10O4/c11-9(12)10(13)6-14-5-7-3-1-2-4-8(7)10/h1-4,13H,5-6H2,(H,11,12). The summed E-state index contributed by atoms with van der Waals surface area (Å²) in [5, 5.41) is 18.8. The van der Waals surface area contributed by atoms with Crippen molar-refractivity contribution in [3.05, 3.63) is 35.4 Å². The monoisotopic (exact) mass is 194 g/mol. The van der Waals surface area contributed by atoms with Crippen LogP contribution >= 0.6 is 0 Å². The molecule has 2 rings (SSSR count). The number of fused-ring (bicyclic) bond motifs is 1. The van der Waals surface area contributed by atoms with Crippen LogP contribution < -0.4 is 0 Å². The Morgan fingerprint density at radius 3 is 2.86 bits per heavy atom. The molecular weight excluding hydrogens is 184 g/mol. The van der Waals surface area contributed by atoms with Gasteiger partial charge in [0.05, 0.1) is 13.2 Å². The fourth-order valence-electron chi connectivity index (χ4n) is 1.61. The molecule has 0 saturated carbocycles. The highest BCUT2D eigenvalue weighted by atomic mass is 16.5. The van der Waals surface area contributed by atoms with Crippen LogP contribution in [0.1, 0.15) is 11.1 Å². The Bertz CT molecular complexity index is 374. The predicted molar refractivity (Wildman–Crippen MR) is 47.6 cm³/mol. The molecule has 1 atom stereocenters. The number of carboxylic acid groups (broad SMARTS) is 1. The maximum absolute atomic E-state index is 10.9. The molecule has 2 N–H and O–H groups in total. The Hall–Kier alpha value is -1.39. The maximum atomic E-state index is 10.9. The molecule has 1 aliphatic rings. The van der Waals surface area contributed by atoms with Crippen LogP contribution in [0.25, 0.3) is 0 Å². The first kappa shape index (κ1) is 9.18. The van der Waals surface area contributed by atoms with Crippen LogP contribution in [0.3, 0.4) is 0 Å². The van der Waals surface area contributed by atoms with Crippen molar-refractivity contribution in [3.8, 4) is 0 Å². The lowest BCUT2D eigenvalue weighted by Crippen LogP contribution is -2.43. The average molecular weight is 194 g/mol. The zero-order chi connectivity index (χ0) is 10.2. The molecule has 4 heteroatoms. The van der Waals surface area contributed by atoms with Crippen molar-refractivity contribution in [1.29, 1.82) is 0 Å². The smallest absolute Gasteiger partial charge is 0.342 e. The number of hydrogen-bond acceptors (Lipinski definition) is 3. The third kappa shape index (κ3) is 1.20. The van der Waals surface area contributed by atoms with Crippen LogP contribution in [0, 0.1) is 0 Å². The van der Waals surface area contributed by atoms with Crippen molar-refractivity contribution >= 4 is 5.97 Å². The van der Waals surface area contributed by atoms with Crippen LogP contribution in [0.15, 0.2) is 24.3 Å². The van der Waals surface area contributed by atoms with Gasteiger partial charge < -0.3 is 14.9 Å². The molecule has 0 spiro atoms. The molecule has 0 saturated heterocycles. The molecule has 1 aromatic carbocycles. The minimum atomic E-state index is -1.89. The minimum Gasteiger partial charge on any atom is -0.479 e. The zero-order valence-electron chi connectivity index (χ0n) is 7.43. The first-order valence-corrected chi connectivity index (χ1v) is 4.26. The predicted octanol–water partition coefficient (Wildman–Crippen LogP) is 0.489. The number of hydrogen-bond donors (Lipinski definition) is 2. The molecule has 0 bridgehead atoms. The van der Waals surface area contributed by atoms with Gasteiger partial charge in [-0.05, 0) is 5.56 Å². The molecule has 0 fully saturated rings. The van der Waals surface area contributed by atoms with E-state index in [1.807, 2.05) is 0 Å². The van der Waals surface area contributed by atoms with E-state index in [9.17, 15) is 9.90 Å². The Morgan fingerprint density at radius 1 is 1.43 bits per heavy atom. The van der Waals surface area contributed by atoms with E-state index in [1.54, 1.807) is 24.3 Å². The van der Waals surface area contributed by atoms with E-state index < -0.39 is 11.6 Å². The fourth-order valence-corrected chi connectivity index (χ4v) is 1.61. The number of benzene rings is 1. The first-order valence-electron chi connectivity index (χ1n) is 4.26. The number of ether oxygens (including phenoxy) is 1. The summed E-state index contributed by atoms with van der Waals surface area (Å²) in [6.45, 7) is 0.158. The molecule has 0 aliphatic carbocycles. The molecule has 0 aromatic heterocycles. The van der Waals surface area contributed by atoms with Gasteiger partial charge in [-0.3, -0.25) is 0 Å². The van der Waals surface area contributed by atoms with Gasteiger partial charge in [-0.25, -0.2) is 4.79 Å². The van der Waals surface area contributed by atoms with Gasteiger partial charge >= 0.3 is 5.97 Å². The van der Waals surface area contributed by atoms with Gasteiger partial charge in [0.15, 0.2) is 0 Å². The van der Waals surface area contributed by atoms with Gasteiger partial charge in [-0.15, -0.1) is 0 Å². The quantitative estimate of drug-likeness (QED) is 0.682. The number of aliphatic hydroxyl groups is 1. The summed E-state index contributed by atoms with van der Waals surface area (Å²) in [6.07, 6.45) is 0. The molecular formula is C10H10O4. The Morgan fingerprint density at radius 2 is 2.14 bits per heavy atom. The van der Waals surface area contributed by atoms with Crippen LogP contribution in [0.5, 0.6) is 0 Å². The van der Waals surface area contributed by atoms with Crippen LogP contribution in [-0.2, 0) is 21.7 Å². The van der Waals surface area contributed by atoms with Crippen molar-refractivity contribution in [2.45, 2.75) is 12.2 Å². The SMILES string of the molecule is O=C(O)C1(O)COCc2ccccc21. The molecule has 1 aliphatic heterocycles. The maximum Gasteiger partial charge on any atom is 0.342 e. The lowest BCUT2D eigenvalue weighted by Gasteiger charge is -2.30. The molecule has 4 nitrogen and oxygen atoms in total. The van der Waals surface area contributed by atoms with Gasteiger partial charge in [-0.1, -0.05) is 24.3 Å². The lowest BCUT2D eigenvalue weighted by molar-refractivity contribution is -0.170. The first-order chi connectivity index (χ1) is 6.64. The van der Waals surface area contributed by atoms with Crippen molar-refractivity contribution in [1.82, 2.24) is 0 Å². The average Bonchev–Trinajstić information content (AvgIpc) is 2.18. The summed E-state index contributed by atoms with van der Waals surface area (Å²) in [6, 6.07) is 6.86. The van der Waals surface area contributed by atoms with E-state index >= 15 is 0 Å². The van der Waals surface area contributed by atoms with E-state index in [4.69, 9.17) is 9.84 Å².